The van der Waals surface area contributed by atoms with Gasteiger partial charge in [0.2, 0.25) is 0 Å². The van der Waals surface area contributed by atoms with Crippen molar-refractivity contribution in [2.45, 2.75) is 70.8 Å². The van der Waals surface area contributed by atoms with Gasteiger partial charge in [0.25, 0.3) is 0 Å². The van der Waals surface area contributed by atoms with Crippen LogP contribution in [-0.2, 0) is 0 Å². The van der Waals surface area contributed by atoms with Crippen LogP contribution in [0.5, 0.6) is 5.75 Å². The Hall–Kier alpha value is -1.02. The molecule has 0 saturated heterocycles. The van der Waals surface area contributed by atoms with E-state index in [1.165, 1.54) is 55.2 Å². The predicted molar refractivity (Wildman–Crippen MR) is 87.8 cm³/mol. The van der Waals surface area contributed by atoms with Crippen molar-refractivity contribution >= 4 is 0 Å². The van der Waals surface area contributed by atoms with Gasteiger partial charge in [0, 0.05) is 11.6 Å². The van der Waals surface area contributed by atoms with Crippen molar-refractivity contribution in [3.05, 3.63) is 28.8 Å². The first-order chi connectivity index (χ1) is 10.2. The van der Waals surface area contributed by atoms with Crippen molar-refractivity contribution in [2.24, 2.45) is 5.92 Å². The summed E-state index contributed by atoms with van der Waals surface area (Å²) >= 11 is 0. The average molecular weight is 287 g/mol. The lowest BCUT2D eigenvalue weighted by Crippen LogP contribution is -2.21. The first kappa shape index (κ1) is 14.9. The Kier molecular flexibility index (Phi) is 4.54. The molecule has 1 fully saturated rings. The second kappa shape index (κ2) is 6.39. The molecule has 0 aliphatic heterocycles. The van der Waals surface area contributed by atoms with Crippen molar-refractivity contribution in [3.8, 4) is 5.75 Å². The lowest BCUT2D eigenvalue weighted by atomic mass is 9.97. The van der Waals surface area contributed by atoms with Gasteiger partial charge in [-0.1, -0.05) is 38.7 Å². The monoisotopic (exact) mass is 287 g/mol. The number of benzene rings is 1. The molecule has 2 aliphatic carbocycles. The number of hydrogen-bond donors (Lipinski definition) is 2. The molecule has 2 aliphatic rings. The molecule has 2 unspecified atom stereocenters. The van der Waals surface area contributed by atoms with Crippen LogP contribution in [0.3, 0.4) is 0 Å². The van der Waals surface area contributed by atoms with Crippen LogP contribution in [0.15, 0.2) is 12.1 Å². The minimum atomic E-state index is 0.346. The van der Waals surface area contributed by atoms with Crippen LogP contribution in [0.1, 0.15) is 80.5 Å². The summed E-state index contributed by atoms with van der Waals surface area (Å²) in [6.45, 7) is 5.53. The van der Waals surface area contributed by atoms with Crippen LogP contribution >= 0.6 is 0 Å². The van der Waals surface area contributed by atoms with Gasteiger partial charge >= 0.3 is 0 Å². The smallest absolute Gasteiger partial charge is 0.120 e. The largest absolute Gasteiger partial charge is 0.508 e. The van der Waals surface area contributed by atoms with Crippen LogP contribution in [0.4, 0.5) is 0 Å². The molecule has 3 rings (SSSR count). The number of fused-ring (bicyclic) bond motifs is 1. The first-order valence-corrected chi connectivity index (χ1v) is 8.72. The van der Waals surface area contributed by atoms with Crippen LogP contribution in [0.2, 0.25) is 0 Å². The maximum Gasteiger partial charge on any atom is 0.120 e. The van der Waals surface area contributed by atoms with E-state index in [2.05, 4.69) is 19.2 Å². The van der Waals surface area contributed by atoms with Gasteiger partial charge < -0.3 is 10.4 Å². The van der Waals surface area contributed by atoms with Gasteiger partial charge in [-0.15, -0.1) is 0 Å². The summed E-state index contributed by atoms with van der Waals surface area (Å²) in [4.78, 5) is 0. The zero-order chi connectivity index (χ0) is 14.8. The summed E-state index contributed by atoms with van der Waals surface area (Å²) in [5.41, 5.74) is 3.87. The molecule has 1 aromatic rings. The molecule has 2 nitrogen and oxygen atoms in total. The van der Waals surface area contributed by atoms with E-state index in [9.17, 15) is 5.11 Å². The number of aromatic hydroxyl groups is 1. The van der Waals surface area contributed by atoms with Gasteiger partial charge in [0.05, 0.1) is 0 Å². The number of aryl methyl sites for hydroxylation is 1. The fraction of sp³-hybridized carbons (Fsp3) is 0.684. The lowest BCUT2D eigenvalue weighted by Gasteiger charge is -2.16. The highest BCUT2D eigenvalue weighted by Crippen LogP contribution is 2.45. The van der Waals surface area contributed by atoms with E-state index in [1.54, 1.807) is 0 Å². The SMILES string of the molecule is Cc1ccc(O)c2c1C(C)CC2NCCCC1CCCC1. The lowest BCUT2D eigenvalue weighted by molar-refractivity contribution is 0.426. The molecule has 116 valence electrons. The Morgan fingerprint density at radius 1 is 1.19 bits per heavy atom. The Morgan fingerprint density at radius 3 is 2.71 bits per heavy atom. The second-order valence-electron chi connectivity index (χ2n) is 7.17. The maximum absolute atomic E-state index is 10.2. The molecule has 2 heteroatoms. The van der Waals surface area contributed by atoms with Crippen molar-refractivity contribution in [3.63, 3.8) is 0 Å². The fourth-order valence-corrected chi connectivity index (χ4v) is 4.49. The van der Waals surface area contributed by atoms with Gasteiger partial charge in [0.1, 0.15) is 5.75 Å². The van der Waals surface area contributed by atoms with Crippen molar-refractivity contribution in [2.75, 3.05) is 6.54 Å². The average Bonchev–Trinajstić information content (AvgIpc) is 3.08. The summed E-state index contributed by atoms with van der Waals surface area (Å²) in [5, 5.41) is 13.9. The third kappa shape index (κ3) is 3.11. The molecule has 0 bridgehead atoms. The summed E-state index contributed by atoms with van der Waals surface area (Å²) in [6.07, 6.45) is 9.56. The first-order valence-electron chi connectivity index (χ1n) is 8.72. The Bertz CT molecular complexity index is 491. The topological polar surface area (TPSA) is 32.3 Å². The zero-order valence-corrected chi connectivity index (χ0v) is 13.5. The quantitative estimate of drug-likeness (QED) is 0.762. The standard InChI is InChI=1S/C19H29NO/c1-13-9-10-17(21)19-16(12-14(2)18(13)19)20-11-5-8-15-6-3-4-7-15/h9-10,14-16,20-21H,3-8,11-12H2,1-2H3. The van der Waals surface area contributed by atoms with Crippen molar-refractivity contribution in [1.29, 1.82) is 0 Å². The Labute approximate surface area is 129 Å². The minimum Gasteiger partial charge on any atom is -0.508 e. The molecule has 1 saturated carbocycles. The molecule has 0 amide bonds. The normalized spacial score (nSPS) is 25.4. The number of hydrogen-bond acceptors (Lipinski definition) is 2. The maximum atomic E-state index is 10.2. The highest BCUT2D eigenvalue weighted by molar-refractivity contribution is 5.50. The molecular formula is C19H29NO. The van der Waals surface area contributed by atoms with Gasteiger partial charge in [-0.3, -0.25) is 0 Å². The molecular weight excluding hydrogens is 258 g/mol. The molecule has 0 aromatic heterocycles. The summed E-state index contributed by atoms with van der Waals surface area (Å²) in [7, 11) is 0. The van der Waals surface area contributed by atoms with Crippen LogP contribution in [-0.4, -0.2) is 11.7 Å². The molecule has 21 heavy (non-hydrogen) atoms. The van der Waals surface area contributed by atoms with Gasteiger partial charge in [0.15, 0.2) is 0 Å². The van der Waals surface area contributed by atoms with E-state index in [0.29, 0.717) is 17.7 Å². The molecule has 1 aromatic carbocycles. The van der Waals surface area contributed by atoms with E-state index in [1.807, 2.05) is 12.1 Å². The minimum absolute atomic E-state index is 0.346. The van der Waals surface area contributed by atoms with Gasteiger partial charge in [-0.2, -0.15) is 0 Å². The van der Waals surface area contributed by atoms with Crippen LogP contribution < -0.4 is 5.32 Å². The van der Waals surface area contributed by atoms with E-state index in [-0.39, 0.29) is 0 Å². The van der Waals surface area contributed by atoms with E-state index >= 15 is 0 Å². The predicted octanol–water partition coefficient (Wildman–Crippen LogP) is 4.81. The highest BCUT2D eigenvalue weighted by Gasteiger charge is 2.31. The number of phenols is 1. The van der Waals surface area contributed by atoms with E-state index < -0.39 is 0 Å². The summed E-state index contributed by atoms with van der Waals surface area (Å²) in [5.74, 6) is 2.02. The number of rotatable bonds is 5. The Balaban J connectivity index is 1.57. The molecule has 0 heterocycles. The fourth-order valence-electron chi connectivity index (χ4n) is 4.49. The summed E-state index contributed by atoms with van der Waals surface area (Å²) < 4.78 is 0. The third-order valence-corrected chi connectivity index (χ3v) is 5.57. The third-order valence-electron chi connectivity index (χ3n) is 5.57. The zero-order valence-electron chi connectivity index (χ0n) is 13.5. The van der Waals surface area contributed by atoms with E-state index in [0.717, 1.165) is 18.9 Å². The van der Waals surface area contributed by atoms with Crippen molar-refractivity contribution < 1.29 is 5.11 Å². The van der Waals surface area contributed by atoms with Crippen LogP contribution in [0.25, 0.3) is 0 Å². The van der Waals surface area contributed by atoms with Crippen LogP contribution in [0, 0.1) is 12.8 Å². The molecule has 0 spiro atoms. The summed E-state index contributed by atoms with van der Waals surface area (Å²) in [6, 6.07) is 4.26. The van der Waals surface area contributed by atoms with Crippen molar-refractivity contribution in [1.82, 2.24) is 5.32 Å². The molecule has 0 radical (unpaired) electrons. The van der Waals surface area contributed by atoms with Gasteiger partial charge in [-0.25, -0.2) is 0 Å². The number of phenolic OH excluding ortho intramolecular Hbond substituents is 1. The number of nitrogens with one attached hydrogen (secondary N) is 1. The van der Waals surface area contributed by atoms with Gasteiger partial charge in [-0.05, 0) is 61.8 Å². The molecule has 2 N–H and O–H groups in total. The molecule has 2 atom stereocenters. The Morgan fingerprint density at radius 2 is 1.95 bits per heavy atom. The highest BCUT2D eigenvalue weighted by atomic mass is 16.3. The van der Waals surface area contributed by atoms with E-state index in [4.69, 9.17) is 0 Å². The second-order valence-corrected chi connectivity index (χ2v) is 7.17.